The highest BCUT2D eigenvalue weighted by Gasteiger charge is 2.38. The number of amides is 1. The fourth-order valence-corrected chi connectivity index (χ4v) is 4.79. The van der Waals surface area contributed by atoms with Crippen LogP contribution in [-0.4, -0.2) is 55.9 Å². The van der Waals surface area contributed by atoms with Gasteiger partial charge in [-0.3, -0.25) is 4.79 Å². The van der Waals surface area contributed by atoms with Gasteiger partial charge in [-0.1, -0.05) is 0 Å². The number of carbonyl (C=O) groups is 1. The van der Waals surface area contributed by atoms with E-state index in [0.29, 0.717) is 24.8 Å². The molecule has 0 aromatic rings. The molecule has 6 heteroatoms. The van der Waals surface area contributed by atoms with Gasteiger partial charge < -0.3 is 10.2 Å². The average molecular weight is 272 g/mol. The molecule has 2 atom stereocenters. The van der Waals surface area contributed by atoms with E-state index in [1.165, 1.54) is 12.8 Å². The van der Waals surface area contributed by atoms with E-state index >= 15 is 0 Å². The van der Waals surface area contributed by atoms with Crippen molar-refractivity contribution in [3.8, 4) is 0 Å². The second-order valence-corrected chi connectivity index (χ2v) is 8.06. The van der Waals surface area contributed by atoms with Crippen LogP contribution in [0.4, 0.5) is 0 Å². The summed E-state index contributed by atoms with van der Waals surface area (Å²) in [6.45, 7) is 1.40. The molecule has 2 aliphatic heterocycles. The minimum Gasteiger partial charge on any atom is -0.341 e. The van der Waals surface area contributed by atoms with Gasteiger partial charge in [-0.25, -0.2) is 8.42 Å². The average Bonchev–Trinajstić information content (AvgIpc) is 2.97. The third kappa shape index (κ3) is 2.69. The molecular weight excluding hydrogens is 252 g/mol. The van der Waals surface area contributed by atoms with Crippen molar-refractivity contribution in [3.63, 3.8) is 0 Å². The summed E-state index contributed by atoms with van der Waals surface area (Å²) in [7, 11) is -2.83. The number of likely N-dealkylation sites (tertiary alicyclic amines) is 1. The number of hydrogen-bond donors (Lipinski definition) is 1. The monoisotopic (exact) mass is 272 g/mol. The van der Waals surface area contributed by atoms with E-state index in [9.17, 15) is 13.2 Å². The zero-order valence-electron chi connectivity index (χ0n) is 10.5. The lowest BCUT2D eigenvalue weighted by atomic mass is 10.1. The van der Waals surface area contributed by atoms with Gasteiger partial charge in [-0.15, -0.1) is 0 Å². The van der Waals surface area contributed by atoms with Crippen LogP contribution < -0.4 is 5.32 Å². The first-order valence-corrected chi connectivity index (χ1v) is 8.61. The molecule has 5 nitrogen and oxygen atoms in total. The van der Waals surface area contributed by atoms with Crippen LogP contribution in [0.15, 0.2) is 0 Å². The highest BCUT2D eigenvalue weighted by Crippen LogP contribution is 2.25. The van der Waals surface area contributed by atoms with Crippen molar-refractivity contribution in [2.75, 3.05) is 24.6 Å². The SMILES string of the molecule is O=C1C(NC2CC2)CCN1CC1CCS(=O)(=O)C1. The van der Waals surface area contributed by atoms with Gasteiger partial charge in [0.25, 0.3) is 0 Å². The van der Waals surface area contributed by atoms with Gasteiger partial charge in [-0.05, 0) is 31.6 Å². The van der Waals surface area contributed by atoms with Crippen molar-refractivity contribution in [1.29, 1.82) is 0 Å². The normalized spacial score (nSPS) is 35.3. The number of carbonyl (C=O) groups excluding carboxylic acids is 1. The lowest BCUT2D eigenvalue weighted by Crippen LogP contribution is -2.40. The Bertz CT molecular complexity index is 444. The maximum Gasteiger partial charge on any atom is 0.239 e. The van der Waals surface area contributed by atoms with Gasteiger partial charge in [0.2, 0.25) is 5.91 Å². The van der Waals surface area contributed by atoms with E-state index in [0.717, 1.165) is 13.0 Å². The molecule has 3 fully saturated rings. The number of sulfone groups is 1. The zero-order chi connectivity index (χ0) is 12.8. The fourth-order valence-electron chi connectivity index (χ4n) is 2.94. The molecule has 3 rings (SSSR count). The molecular formula is C12H20N2O3S. The second kappa shape index (κ2) is 4.49. The smallest absolute Gasteiger partial charge is 0.239 e. The first-order valence-electron chi connectivity index (χ1n) is 6.79. The van der Waals surface area contributed by atoms with E-state index in [4.69, 9.17) is 0 Å². The van der Waals surface area contributed by atoms with Crippen LogP contribution in [0.5, 0.6) is 0 Å². The molecule has 1 N–H and O–H groups in total. The second-order valence-electron chi connectivity index (χ2n) is 5.84. The van der Waals surface area contributed by atoms with Gasteiger partial charge in [0.1, 0.15) is 0 Å². The Kier molecular flexibility index (Phi) is 3.10. The van der Waals surface area contributed by atoms with Gasteiger partial charge >= 0.3 is 0 Å². The largest absolute Gasteiger partial charge is 0.341 e. The number of nitrogens with zero attached hydrogens (tertiary/aromatic N) is 1. The Labute approximate surface area is 108 Å². The molecule has 3 aliphatic rings. The van der Waals surface area contributed by atoms with Gasteiger partial charge in [0.05, 0.1) is 17.5 Å². The topological polar surface area (TPSA) is 66.5 Å². The maximum absolute atomic E-state index is 12.1. The van der Waals surface area contributed by atoms with Gasteiger partial charge in [0, 0.05) is 19.1 Å². The molecule has 1 amide bonds. The molecule has 0 spiro atoms. The third-order valence-electron chi connectivity index (χ3n) is 4.12. The standard InChI is InChI=1S/C12H20N2O3S/c15-12-11(13-10-1-2-10)3-5-14(12)7-9-4-6-18(16,17)8-9/h9-11,13H,1-8H2. The molecule has 1 saturated carbocycles. The van der Waals surface area contributed by atoms with E-state index in [1.54, 1.807) is 0 Å². The molecule has 2 saturated heterocycles. The van der Waals surface area contributed by atoms with Crippen LogP contribution >= 0.6 is 0 Å². The van der Waals surface area contributed by atoms with E-state index in [1.807, 2.05) is 4.90 Å². The van der Waals surface area contributed by atoms with Crippen LogP contribution in [0, 0.1) is 5.92 Å². The molecule has 1 aliphatic carbocycles. The number of nitrogens with one attached hydrogen (secondary N) is 1. The van der Waals surface area contributed by atoms with Crippen LogP contribution in [0.2, 0.25) is 0 Å². The number of hydrogen-bond acceptors (Lipinski definition) is 4. The summed E-state index contributed by atoms with van der Waals surface area (Å²) in [6, 6.07) is 0.529. The van der Waals surface area contributed by atoms with E-state index in [2.05, 4.69) is 5.32 Å². The first kappa shape index (κ1) is 12.4. The molecule has 0 bridgehead atoms. The molecule has 2 heterocycles. The minimum absolute atomic E-state index is 0.0180. The predicted molar refractivity (Wildman–Crippen MR) is 67.9 cm³/mol. The Hall–Kier alpha value is -0.620. The Morgan fingerprint density at radius 2 is 2.00 bits per heavy atom. The summed E-state index contributed by atoms with van der Waals surface area (Å²) in [5.74, 6) is 0.880. The number of rotatable bonds is 4. The van der Waals surface area contributed by atoms with Gasteiger partial charge in [-0.2, -0.15) is 0 Å². The van der Waals surface area contributed by atoms with Crippen molar-refractivity contribution < 1.29 is 13.2 Å². The molecule has 2 unspecified atom stereocenters. The Morgan fingerprint density at radius 1 is 1.22 bits per heavy atom. The van der Waals surface area contributed by atoms with Crippen molar-refractivity contribution in [2.45, 2.75) is 37.8 Å². The summed E-state index contributed by atoms with van der Waals surface area (Å²) in [4.78, 5) is 14.0. The molecule has 0 radical (unpaired) electrons. The third-order valence-corrected chi connectivity index (χ3v) is 5.95. The highest BCUT2D eigenvalue weighted by atomic mass is 32.2. The van der Waals surface area contributed by atoms with Crippen molar-refractivity contribution in [3.05, 3.63) is 0 Å². The van der Waals surface area contributed by atoms with E-state index in [-0.39, 0.29) is 23.6 Å². The molecule has 0 aromatic heterocycles. The van der Waals surface area contributed by atoms with Gasteiger partial charge in [0.15, 0.2) is 9.84 Å². The fraction of sp³-hybridized carbons (Fsp3) is 0.917. The summed E-state index contributed by atoms with van der Waals surface area (Å²) in [5.41, 5.74) is 0. The van der Waals surface area contributed by atoms with Crippen molar-refractivity contribution in [1.82, 2.24) is 10.2 Å². The van der Waals surface area contributed by atoms with Crippen molar-refractivity contribution >= 4 is 15.7 Å². The summed E-state index contributed by atoms with van der Waals surface area (Å²) < 4.78 is 22.8. The van der Waals surface area contributed by atoms with E-state index < -0.39 is 9.84 Å². The lowest BCUT2D eigenvalue weighted by molar-refractivity contribution is -0.129. The van der Waals surface area contributed by atoms with Crippen LogP contribution in [-0.2, 0) is 14.6 Å². The molecule has 18 heavy (non-hydrogen) atoms. The van der Waals surface area contributed by atoms with Crippen molar-refractivity contribution in [2.24, 2.45) is 5.92 Å². The minimum atomic E-state index is -2.83. The summed E-state index contributed by atoms with van der Waals surface area (Å²) in [5, 5.41) is 3.36. The molecule has 102 valence electrons. The summed E-state index contributed by atoms with van der Waals surface area (Å²) >= 11 is 0. The Morgan fingerprint density at radius 3 is 2.61 bits per heavy atom. The highest BCUT2D eigenvalue weighted by molar-refractivity contribution is 7.91. The quantitative estimate of drug-likeness (QED) is 0.768. The first-order chi connectivity index (χ1) is 8.53. The van der Waals surface area contributed by atoms with Crippen LogP contribution in [0.25, 0.3) is 0 Å². The lowest BCUT2D eigenvalue weighted by Gasteiger charge is -2.20. The predicted octanol–water partition coefficient (Wildman–Crippen LogP) is -0.226. The zero-order valence-corrected chi connectivity index (χ0v) is 11.3. The summed E-state index contributed by atoms with van der Waals surface area (Å²) in [6.07, 6.45) is 3.96. The van der Waals surface area contributed by atoms with Crippen LogP contribution in [0.1, 0.15) is 25.7 Å². The Balaban J connectivity index is 1.53. The maximum atomic E-state index is 12.1. The van der Waals surface area contributed by atoms with Crippen LogP contribution in [0.3, 0.4) is 0 Å². The molecule has 0 aromatic carbocycles.